The van der Waals surface area contributed by atoms with Crippen molar-refractivity contribution in [1.29, 1.82) is 0 Å². The van der Waals surface area contributed by atoms with Gasteiger partial charge in [0.25, 0.3) is 0 Å². The van der Waals surface area contributed by atoms with Crippen molar-refractivity contribution in [3.8, 4) is 5.75 Å². The molecule has 1 amide bonds. The number of likely N-dealkylation sites (N-methyl/N-ethyl adjacent to an activating group) is 1. The molecule has 1 atom stereocenters. The van der Waals surface area contributed by atoms with Crippen LogP contribution in [0.25, 0.3) is 0 Å². The first-order chi connectivity index (χ1) is 16.5. The molecule has 1 heterocycles. The number of alkyl halides is 6. The molecule has 1 saturated heterocycles. The number of carbonyl (C=O) groups excluding carboxylic acids is 1. The number of rotatable bonds is 5. The Labute approximate surface area is 209 Å². The van der Waals surface area contributed by atoms with Crippen molar-refractivity contribution in [1.82, 2.24) is 4.90 Å². The minimum Gasteiger partial charge on any atom is -0.376 e. The number of piperidine rings is 1. The molecule has 0 saturated carbocycles. The van der Waals surface area contributed by atoms with Gasteiger partial charge in [0.05, 0.1) is 16.1 Å². The second kappa shape index (κ2) is 11.7. The van der Waals surface area contributed by atoms with Crippen LogP contribution in [-0.4, -0.2) is 44.4 Å². The molecule has 0 bridgehead atoms. The van der Waals surface area contributed by atoms with Crippen LogP contribution in [0.2, 0.25) is 5.02 Å². The van der Waals surface area contributed by atoms with Crippen LogP contribution in [0, 0.1) is 0 Å². The highest BCUT2D eigenvalue weighted by Gasteiger charge is 2.48. The average molecular weight is 561 g/mol. The topological polar surface area (TPSA) is 89.7 Å². The maximum atomic E-state index is 12.3. The summed E-state index contributed by atoms with van der Waals surface area (Å²) < 4.78 is 99.9. The van der Waals surface area contributed by atoms with Gasteiger partial charge < -0.3 is 14.8 Å². The number of hydrogen-bond acceptors (Lipinski definition) is 5. The van der Waals surface area contributed by atoms with Crippen LogP contribution >= 0.6 is 11.6 Å². The van der Waals surface area contributed by atoms with Gasteiger partial charge in [0, 0.05) is 6.04 Å². The lowest BCUT2D eigenvalue weighted by Gasteiger charge is -2.32. The van der Waals surface area contributed by atoms with Crippen LogP contribution in [0.15, 0.2) is 42.5 Å². The van der Waals surface area contributed by atoms with E-state index in [0.29, 0.717) is 12.5 Å². The highest BCUT2D eigenvalue weighted by atomic mass is 35.5. The molecule has 36 heavy (non-hydrogen) atoms. The lowest BCUT2D eigenvalue weighted by molar-refractivity contribution is -0.137. The zero-order valence-electron chi connectivity index (χ0n) is 18.9. The minimum atomic E-state index is -5.62. The van der Waals surface area contributed by atoms with Crippen LogP contribution in [0.5, 0.6) is 5.75 Å². The Morgan fingerprint density at radius 3 is 2.31 bits per heavy atom. The van der Waals surface area contributed by atoms with Crippen molar-refractivity contribution in [2.45, 2.75) is 43.4 Å². The third kappa shape index (κ3) is 8.00. The molecular weight excluding hydrogens is 538 g/mol. The zero-order chi connectivity index (χ0) is 27.3. The van der Waals surface area contributed by atoms with Gasteiger partial charge in [0.15, 0.2) is 0 Å². The van der Waals surface area contributed by atoms with E-state index in [1.165, 1.54) is 18.2 Å². The molecule has 1 unspecified atom stereocenters. The summed E-state index contributed by atoms with van der Waals surface area (Å²) in [7, 11) is -3.61. The first-order valence-corrected chi connectivity index (χ1v) is 12.3. The fourth-order valence-electron chi connectivity index (χ4n) is 3.51. The largest absolute Gasteiger partial charge is 0.534 e. The maximum Gasteiger partial charge on any atom is 0.534 e. The molecule has 1 fully saturated rings. The van der Waals surface area contributed by atoms with E-state index < -0.39 is 38.3 Å². The van der Waals surface area contributed by atoms with Crippen molar-refractivity contribution in [2.24, 2.45) is 5.73 Å². The van der Waals surface area contributed by atoms with Crippen molar-refractivity contribution in [3.63, 3.8) is 0 Å². The van der Waals surface area contributed by atoms with Gasteiger partial charge in [-0.05, 0) is 62.7 Å². The fraction of sp³-hybridized carbons (Fsp3) is 0.409. The molecule has 1 aliphatic heterocycles. The van der Waals surface area contributed by atoms with E-state index in [4.69, 9.17) is 17.3 Å². The number of amides is 1. The van der Waals surface area contributed by atoms with Crippen LogP contribution in [0.4, 0.5) is 26.3 Å². The molecule has 2 aromatic rings. The van der Waals surface area contributed by atoms with Crippen LogP contribution in [-0.2, 0) is 22.7 Å². The molecular formula is C22H23ClF6N2O4S. The Kier molecular flexibility index (Phi) is 9.65. The van der Waals surface area contributed by atoms with Crippen molar-refractivity contribution in [2.75, 3.05) is 13.6 Å². The van der Waals surface area contributed by atoms with E-state index in [1.54, 1.807) is 6.07 Å². The third-order valence-corrected chi connectivity index (χ3v) is 6.74. The molecule has 2 aromatic carbocycles. The lowest BCUT2D eigenvalue weighted by Crippen LogP contribution is -2.37. The molecule has 200 valence electrons. The first-order valence-electron chi connectivity index (χ1n) is 10.5. The van der Waals surface area contributed by atoms with Crippen molar-refractivity contribution in [3.05, 3.63) is 64.2 Å². The van der Waals surface area contributed by atoms with E-state index in [-0.39, 0.29) is 11.3 Å². The summed E-state index contributed by atoms with van der Waals surface area (Å²) in [4.78, 5) is 12.9. The first kappa shape index (κ1) is 29.7. The van der Waals surface area contributed by atoms with Gasteiger partial charge in [-0.15, -0.1) is 0 Å². The second-order valence-corrected chi connectivity index (χ2v) is 9.91. The Morgan fingerprint density at radius 2 is 1.75 bits per heavy atom. The Morgan fingerprint density at radius 1 is 1.11 bits per heavy atom. The zero-order valence-corrected chi connectivity index (χ0v) is 20.4. The Hall–Kier alpha value is -2.51. The van der Waals surface area contributed by atoms with Gasteiger partial charge >= 0.3 is 21.8 Å². The average Bonchev–Trinajstić information content (AvgIpc) is 2.74. The van der Waals surface area contributed by atoms with E-state index in [2.05, 4.69) is 9.08 Å². The monoisotopic (exact) mass is 560 g/mol. The van der Waals surface area contributed by atoms with Gasteiger partial charge in [-0.25, -0.2) is 0 Å². The summed E-state index contributed by atoms with van der Waals surface area (Å²) in [6.45, 7) is 0.989. The summed E-state index contributed by atoms with van der Waals surface area (Å²) >= 11 is 5.37. The van der Waals surface area contributed by atoms with Crippen molar-refractivity contribution < 1.29 is 43.7 Å². The Balaban J connectivity index is 0.000000281. The van der Waals surface area contributed by atoms with Gasteiger partial charge in [0.1, 0.15) is 5.75 Å². The number of halogens is 7. The molecule has 2 N–H and O–H groups in total. The highest BCUT2D eigenvalue weighted by molar-refractivity contribution is 7.88. The minimum absolute atomic E-state index is 0.309. The molecule has 1 aliphatic rings. The number of benzene rings is 2. The van der Waals surface area contributed by atoms with E-state index in [0.717, 1.165) is 49.6 Å². The lowest BCUT2D eigenvalue weighted by atomic mass is 9.96. The number of likely N-dealkylation sites (tertiary alicyclic amines) is 1. The quantitative estimate of drug-likeness (QED) is 0.300. The molecule has 6 nitrogen and oxygen atoms in total. The summed E-state index contributed by atoms with van der Waals surface area (Å²) in [5.41, 5.74) is -1.22. The number of hydrogen-bond donors (Lipinski definition) is 1. The number of nitrogens with zero attached hydrogens (tertiary/aromatic N) is 1. The molecule has 14 heteroatoms. The SMILES string of the molecule is CN1CCCCC1Cc1cccc(OS(=O)(=O)C(F)(F)F)c1.NC(=O)c1cccc(C(F)(F)F)c1Cl. The predicted octanol–water partition coefficient (Wildman–Crippen LogP) is 5.40. The smallest absolute Gasteiger partial charge is 0.376 e. The van der Waals surface area contributed by atoms with Gasteiger partial charge in [0.2, 0.25) is 5.91 Å². The van der Waals surface area contributed by atoms with Gasteiger partial charge in [-0.1, -0.05) is 36.2 Å². The van der Waals surface area contributed by atoms with E-state index in [1.807, 2.05) is 7.05 Å². The summed E-state index contributed by atoms with van der Waals surface area (Å²) in [6.07, 6.45) is -0.654. The molecule has 0 radical (unpaired) electrons. The summed E-state index contributed by atoms with van der Waals surface area (Å²) in [6, 6.07) is 9.13. The van der Waals surface area contributed by atoms with Gasteiger partial charge in [-0.3, -0.25) is 4.79 Å². The molecule has 0 aliphatic carbocycles. The summed E-state index contributed by atoms with van der Waals surface area (Å²) in [5, 5.41) is -0.660. The van der Waals surface area contributed by atoms with E-state index >= 15 is 0 Å². The Bertz CT molecular complexity index is 1170. The normalized spacial score (nSPS) is 17.2. The third-order valence-electron chi connectivity index (χ3n) is 5.35. The number of primary amides is 1. The van der Waals surface area contributed by atoms with Crippen molar-refractivity contribution >= 4 is 27.6 Å². The second-order valence-electron chi connectivity index (χ2n) is 7.99. The van der Waals surface area contributed by atoms with E-state index in [9.17, 15) is 39.6 Å². The van der Waals surface area contributed by atoms with Crippen LogP contribution in [0.3, 0.4) is 0 Å². The molecule has 0 aromatic heterocycles. The number of nitrogens with two attached hydrogens (primary N) is 1. The van der Waals surface area contributed by atoms with Gasteiger partial charge in [-0.2, -0.15) is 34.8 Å². The van der Waals surface area contributed by atoms with Crippen LogP contribution < -0.4 is 9.92 Å². The summed E-state index contributed by atoms with van der Waals surface area (Å²) in [5.74, 6) is -1.30. The van der Waals surface area contributed by atoms with Crippen LogP contribution in [0.1, 0.15) is 40.7 Å². The fourth-order valence-corrected chi connectivity index (χ4v) is 4.29. The standard InChI is InChI=1S/C14H18F3NO3S.C8H5ClF3NO/c1-18-8-3-2-6-12(18)9-11-5-4-7-13(10-11)21-22(19,20)14(15,16)17;9-6-4(7(13)14)2-1-3-5(6)8(10,11)12/h4-5,7,10,12H,2-3,6,8-9H2,1H3;1-3H,(H2,13,14). The molecule has 0 spiro atoms. The maximum absolute atomic E-state index is 12.3. The molecule has 3 rings (SSSR count). The predicted molar refractivity (Wildman–Crippen MR) is 121 cm³/mol. The number of carbonyl (C=O) groups is 1. The highest BCUT2D eigenvalue weighted by Crippen LogP contribution is 2.36.